The SMILES string of the molecule is [2H]c1c([2H])c([2H])c(-c2cc3c4c(c2)n(-c2cccc(Oc5ccc6c7ccccc7n(-c7cc(C(C)(C)C)ccn7)c6c5)c2)[c-][n+]4-c2c(cccc2-n2c4ccccc4c4ccccc42)-c2ccccc2-c2ccccc2-3)c([2H])c1[2H]. The summed E-state index contributed by atoms with van der Waals surface area (Å²) in [4.78, 5) is 4.91. The molecular weight excluding hydrogens is 927 g/mol. The highest BCUT2D eigenvalue weighted by atomic mass is 16.5. The molecule has 0 radical (unpaired) electrons. The van der Waals surface area contributed by atoms with Gasteiger partial charge in [0, 0.05) is 33.8 Å². The molecule has 0 fully saturated rings. The van der Waals surface area contributed by atoms with Crippen molar-refractivity contribution in [2.24, 2.45) is 0 Å². The average molecular weight is 981 g/mol. The van der Waals surface area contributed by atoms with Crippen molar-refractivity contribution >= 4 is 54.6 Å². The Kier molecular flexibility index (Phi) is 8.62. The molecule has 0 unspecified atom stereocenters. The third-order valence-corrected chi connectivity index (χ3v) is 15.1. The monoisotopic (exact) mass is 980 g/mol. The quantitative estimate of drug-likeness (QED) is 0.123. The molecule has 6 heteroatoms. The van der Waals surface area contributed by atoms with E-state index in [4.69, 9.17) is 13.8 Å². The van der Waals surface area contributed by atoms with E-state index in [9.17, 15) is 2.74 Å². The normalized spacial score (nSPS) is 13.1. The Balaban J connectivity index is 1.01. The van der Waals surface area contributed by atoms with Crippen LogP contribution < -0.4 is 9.30 Å². The van der Waals surface area contributed by atoms with Crippen LogP contribution in [0.2, 0.25) is 0 Å². The number of nitrogens with zero attached hydrogens (tertiary/aromatic N) is 5. The summed E-state index contributed by atoms with van der Waals surface area (Å²) in [5, 5.41) is 4.45. The number of hydrogen-bond donors (Lipinski definition) is 0. The molecule has 14 aromatic rings. The Morgan fingerprint density at radius 3 is 1.74 bits per heavy atom. The molecule has 360 valence electrons. The summed E-state index contributed by atoms with van der Waals surface area (Å²) in [6.07, 6.45) is 5.81. The van der Waals surface area contributed by atoms with Gasteiger partial charge in [-0.3, -0.25) is 13.7 Å². The van der Waals surface area contributed by atoms with Gasteiger partial charge in [0.15, 0.2) is 0 Å². The average Bonchev–Trinajstić information content (AvgIpc) is 4.37. The fourth-order valence-electron chi connectivity index (χ4n) is 11.7. The number of aromatic nitrogens is 5. The number of rotatable bonds is 6. The molecule has 0 bridgehead atoms. The smallest absolute Gasteiger partial charge is 0.269 e. The molecule has 5 heterocycles. The van der Waals surface area contributed by atoms with Crippen LogP contribution in [0.3, 0.4) is 0 Å². The lowest BCUT2D eigenvalue weighted by molar-refractivity contribution is -0.571. The Hall–Kier alpha value is -9.78. The summed E-state index contributed by atoms with van der Waals surface area (Å²) >= 11 is 0. The molecule has 15 rings (SSSR count). The summed E-state index contributed by atoms with van der Waals surface area (Å²) < 4.78 is 60.6. The molecule has 10 aromatic carbocycles. The topological polar surface area (TPSA) is 40.8 Å². The van der Waals surface area contributed by atoms with E-state index < -0.39 is 18.1 Å². The van der Waals surface area contributed by atoms with Crippen molar-refractivity contribution < 1.29 is 16.2 Å². The highest BCUT2D eigenvalue weighted by molar-refractivity contribution is 6.11. The number of pyridine rings is 1. The van der Waals surface area contributed by atoms with E-state index in [1.165, 1.54) is 5.56 Å². The van der Waals surface area contributed by atoms with Gasteiger partial charge in [0.25, 0.3) is 6.33 Å². The summed E-state index contributed by atoms with van der Waals surface area (Å²) in [7, 11) is 0. The lowest BCUT2D eigenvalue weighted by Crippen LogP contribution is -2.32. The highest BCUT2D eigenvalue weighted by Gasteiger charge is 2.28. The lowest BCUT2D eigenvalue weighted by atomic mass is 9.88. The van der Waals surface area contributed by atoms with E-state index in [-0.39, 0.29) is 23.1 Å². The number of imidazole rings is 1. The first kappa shape index (κ1) is 38.8. The Morgan fingerprint density at radius 1 is 0.474 bits per heavy atom. The molecule has 4 aromatic heterocycles. The summed E-state index contributed by atoms with van der Waals surface area (Å²) in [5.74, 6) is 2.05. The number of ether oxygens (including phenoxy) is 1. The summed E-state index contributed by atoms with van der Waals surface area (Å²) in [5.41, 5.74) is 15.5. The molecule has 76 heavy (non-hydrogen) atoms. The van der Waals surface area contributed by atoms with Crippen molar-refractivity contribution in [1.29, 1.82) is 0 Å². The predicted octanol–water partition coefficient (Wildman–Crippen LogP) is 17.4. The minimum absolute atomic E-state index is 0.0794. The van der Waals surface area contributed by atoms with Gasteiger partial charge in [0.2, 0.25) is 0 Å². The second kappa shape index (κ2) is 16.9. The molecule has 0 amide bonds. The predicted molar refractivity (Wildman–Crippen MR) is 311 cm³/mol. The number of fused-ring (bicyclic) bond motifs is 13. The molecule has 1 aliphatic rings. The van der Waals surface area contributed by atoms with Gasteiger partial charge >= 0.3 is 0 Å². The van der Waals surface area contributed by atoms with Crippen molar-refractivity contribution in [3.63, 3.8) is 0 Å². The maximum Gasteiger partial charge on any atom is 0.269 e. The highest BCUT2D eigenvalue weighted by Crippen LogP contribution is 2.47. The first-order chi connectivity index (χ1) is 39.4. The molecule has 0 aliphatic carbocycles. The fourth-order valence-corrected chi connectivity index (χ4v) is 11.7. The van der Waals surface area contributed by atoms with Gasteiger partial charge < -0.3 is 9.30 Å². The molecule has 0 saturated carbocycles. The molecule has 1 aliphatic heterocycles. The van der Waals surface area contributed by atoms with Crippen LogP contribution >= 0.6 is 0 Å². The van der Waals surface area contributed by atoms with Crippen LogP contribution in [-0.2, 0) is 5.41 Å². The second-order valence-corrected chi connectivity index (χ2v) is 20.6. The van der Waals surface area contributed by atoms with Gasteiger partial charge in [-0.25, -0.2) is 4.98 Å². The third-order valence-electron chi connectivity index (χ3n) is 15.1. The van der Waals surface area contributed by atoms with Gasteiger partial charge in [-0.2, -0.15) is 0 Å². The van der Waals surface area contributed by atoms with Crippen molar-refractivity contribution in [2.45, 2.75) is 26.2 Å². The number of benzene rings is 10. The Morgan fingerprint density at radius 2 is 1.05 bits per heavy atom. The molecule has 0 saturated heterocycles. The van der Waals surface area contributed by atoms with E-state index in [0.717, 1.165) is 105 Å². The molecule has 6 nitrogen and oxygen atoms in total. The van der Waals surface area contributed by atoms with E-state index in [0.29, 0.717) is 22.6 Å². The third kappa shape index (κ3) is 6.80. The van der Waals surface area contributed by atoms with Gasteiger partial charge in [0.05, 0.1) is 57.0 Å². The van der Waals surface area contributed by atoms with Gasteiger partial charge in [-0.05, 0) is 128 Å². The first-order valence-corrected chi connectivity index (χ1v) is 25.6. The van der Waals surface area contributed by atoms with Crippen LogP contribution in [0.25, 0.3) is 122 Å². The van der Waals surface area contributed by atoms with Crippen molar-refractivity contribution in [3.05, 3.63) is 255 Å². The van der Waals surface area contributed by atoms with Crippen LogP contribution in [0.4, 0.5) is 0 Å². The van der Waals surface area contributed by atoms with Gasteiger partial charge in [-0.15, -0.1) is 0 Å². The van der Waals surface area contributed by atoms with Crippen LogP contribution in [0.5, 0.6) is 11.5 Å². The van der Waals surface area contributed by atoms with Crippen molar-refractivity contribution in [2.75, 3.05) is 0 Å². The molecule has 0 spiro atoms. The minimum atomic E-state index is -0.449. The number of hydrogen-bond acceptors (Lipinski definition) is 2. The zero-order valence-corrected chi connectivity index (χ0v) is 41.9. The zero-order valence-electron chi connectivity index (χ0n) is 46.9. The Labute approximate surface area is 447 Å². The van der Waals surface area contributed by atoms with Crippen LogP contribution in [0, 0.1) is 6.33 Å². The molecule has 0 atom stereocenters. The minimum Gasteiger partial charge on any atom is -0.458 e. The molecular formula is C70H49N5O. The van der Waals surface area contributed by atoms with Crippen LogP contribution in [0.1, 0.15) is 33.2 Å². The zero-order chi connectivity index (χ0) is 55.0. The largest absolute Gasteiger partial charge is 0.458 e. The second-order valence-electron chi connectivity index (χ2n) is 20.6. The first-order valence-electron chi connectivity index (χ1n) is 28.1. The molecule has 0 N–H and O–H groups in total. The summed E-state index contributed by atoms with van der Waals surface area (Å²) in [6, 6.07) is 69.3. The van der Waals surface area contributed by atoms with Crippen LogP contribution in [-0.4, -0.2) is 18.7 Å². The maximum absolute atomic E-state index is 9.33. The maximum atomic E-state index is 9.33. The van der Waals surface area contributed by atoms with E-state index in [1.807, 2.05) is 59.3 Å². The van der Waals surface area contributed by atoms with E-state index in [1.54, 1.807) is 0 Å². The van der Waals surface area contributed by atoms with Crippen LogP contribution in [0.15, 0.2) is 243 Å². The fraction of sp³-hybridized carbons (Fsp3) is 0.0571. The summed E-state index contributed by atoms with van der Waals surface area (Å²) in [6.45, 7) is 6.63. The van der Waals surface area contributed by atoms with E-state index >= 15 is 0 Å². The van der Waals surface area contributed by atoms with Gasteiger partial charge in [-0.1, -0.05) is 178 Å². The van der Waals surface area contributed by atoms with E-state index in [2.05, 4.69) is 199 Å². The van der Waals surface area contributed by atoms with Gasteiger partial charge in [0.1, 0.15) is 17.3 Å². The number of para-hydroxylation sites is 4. The van der Waals surface area contributed by atoms with Crippen molar-refractivity contribution in [3.8, 4) is 78.9 Å². The van der Waals surface area contributed by atoms with Crippen molar-refractivity contribution in [1.82, 2.24) is 18.7 Å². The standard InChI is InChI=1S/C70H49N5O/c1-70(2,3)47-37-38-71-67(41-47)75-63-33-16-13-29-57(63)58-36-35-50(43-65(58)75)76-49-22-17-21-48(42-49)72-44-73-68-59(30-18-34-64(68)74-61-31-14-11-27-55(61)56-28-12-15-32-62(56)74)53-25-9-7-23-51(53)52-24-8-10-26-54(52)60-39-46(40-66(72)69(60)73)45-19-5-4-6-20-45/h4-43H,1-3H3/i4D,5D,6D,19D,20D. The Bertz CT molecular complexity index is 4900. The lowest BCUT2D eigenvalue weighted by Gasteiger charge is -2.20.